The topological polar surface area (TPSA) is 49.3 Å². The van der Waals surface area contributed by atoms with Crippen molar-refractivity contribution in [2.75, 3.05) is 13.6 Å². The van der Waals surface area contributed by atoms with Crippen LogP contribution in [0.25, 0.3) is 0 Å². The normalized spacial score (nSPS) is 15.8. The van der Waals surface area contributed by atoms with Crippen LogP contribution in [0.3, 0.4) is 0 Å². The molecule has 19 heavy (non-hydrogen) atoms. The van der Waals surface area contributed by atoms with Crippen molar-refractivity contribution in [3.63, 3.8) is 0 Å². The predicted molar refractivity (Wildman–Crippen MR) is 79.6 cm³/mol. The minimum Gasteiger partial charge on any atom is -0.356 e. The Labute approximate surface area is 119 Å². The second-order valence-corrected chi connectivity index (χ2v) is 4.91. The summed E-state index contributed by atoms with van der Waals surface area (Å²) in [6.45, 7) is 0.823. The summed E-state index contributed by atoms with van der Waals surface area (Å²) < 4.78 is 0. The molecule has 1 aliphatic carbocycles. The van der Waals surface area contributed by atoms with Gasteiger partial charge < -0.3 is 10.6 Å². The van der Waals surface area contributed by atoms with Gasteiger partial charge in [0.05, 0.1) is 0 Å². The highest BCUT2D eigenvalue weighted by molar-refractivity contribution is 6.29. The smallest absolute Gasteiger partial charge is 0.191 e. The Kier molecular flexibility index (Phi) is 5.21. The van der Waals surface area contributed by atoms with E-state index in [9.17, 15) is 0 Å². The van der Waals surface area contributed by atoms with Crippen LogP contribution in [0.1, 0.15) is 18.4 Å². The average Bonchev–Trinajstić information content (AvgIpc) is 2.93. The number of aromatic nitrogens is 1. The molecule has 1 heterocycles. The summed E-state index contributed by atoms with van der Waals surface area (Å²) in [4.78, 5) is 8.29. The number of aliphatic imine (C=N–C) groups is 1. The Hall–Kier alpha value is -1.55. The number of nitrogens with one attached hydrogen (secondary N) is 2. The maximum absolute atomic E-state index is 5.75. The van der Waals surface area contributed by atoms with Crippen LogP contribution in [0.4, 0.5) is 0 Å². The zero-order valence-electron chi connectivity index (χ0n) is 11.1. The summed E-state index contributed by atoms with van der Waals surface area (Å²) in [5.74, 6) is 0.857. The van der Waals surface area contributed by atoms with Crippen LogP contribution in [-0.4, -0.2) is 30.6 Å². The molecule has 0 saturated heterocycles. The van der Waals surface area contributed by atoms with Gasteiger partial charge in [0, 0.05) is 25.8 Å². The van der Waals surface area contributed by atoms with Gasteiger partial charge in [-0.1, -0.05) is 29.8 Å². The Morgan fingerprint density at radius 3 is 2.84 bits per heavy atom. The first-order valence-corrected chi connectivity index (χ1v) is 6.88. The van der Waals surface area contributed by atoms with Crippen LogP contribution in [0.15, 0.2) is 35.5 Å². The zero-order valence-corrected chi connectivity index (χ0v) is 11.8. The molecule has 1 aromatic heterocycles. The Bertz CT molecular complexity index is 445. The minimum atomic E-state index is 0.475. The first-order valence-electron chi connectivity index (χ1n) is 6.50. The molecule has 4 nitrogen and oxygen atoms in total. The molecule has 0 fully saturated rings. The van der Waals surface area contributed by atoms with Crippen molar-refractivity contribution < 1.29 is 0 Å². The second-order valence-electron chi connectivity index (χ2n) is 4.52. The summed E-state index contributed by atoms with van der Waals surface area (Å²) in [7, 11) is 1.79. The number of guanidine groups is 1. The molecule has 5 heteroatoms. The van der Waals surface area contributed by atoms with Gasteiger partial charge in [-0.15, -0.1) is 0 Å². The van der Waals surface area contributed by atoms with Crippen LogP contribution in [0.5, 0.6) is 0 Å². The number of nitrogens with zero attached hydrogens (tertiary/aromatic N) is 2. The van der Waals surface area contributed by atoms with E-state index in [1.54, 1.807) is 13.2 Å². The fourth-order valence-electron chi connectivity index (χ4n) is 2.00. The van der Waals surface area contributed by atoms with Crippen LogP contribution < -0.4 is 10.6 Å². The van der Waals surface area contributed by atoms with Gasteiger partial charge in [0.2, 0.25) is 0 Å². The number of rotatable bonds is 4. The SMILES string of the molecule is CN=C(NCCc1ccc(Cl)nc1)NC1CC=CC1. The van der Waals surface area contributed by atoms with Crippen molar-refractivity contribution in [2.45, 2.75) is 25.3 Å². The molecule has 0 amide bonds. The fourth-order valence-corrected chi connectivity index (χ4v) is 2.11. The molecule has 2 rings (SSSR count). The summed E-state index contributed by atoms with van der Waals surface area (Å²) in [6, 6.07) is 4.28. The van der Waals surface area contributed by atoms with Gasteiger partial charge >= 0.3 is 0 Å². The van der Waals surface area contributed by atoms with E-state index in [4.69, 9.17) is 11.6 Å². The third-order valence-corrected chi connectivity index (χ3v) is 3.29. The highest BCUT2D eigenvalue weighted by Gasteiger charge is 2.11. The molecule has 1 aliphatic rings. The Morgan fingerprint density at radius 2 is 2.21 bits per heavy atom. The van der Waals surface area contributed by atoms with Crippen molar-refractivity contribution in [3.8, 4) is 0 Å². The molecular formula is C14H19ClN4. The third-order valence-electron chi connectivity index (χ3n) is 3.07. The van der Waals surface area contributed by atoms with Gasteiger partial charge in [0.15, 0.2) is 5.96 Å². The summed E-state index contributed by atoms with van der Waals surface area (Å²) >= 11 is 5.75. The predicted octanol–water partition coefficient (Wildman–Crippen LogP) is 2.16. The monoisotopic (exact) mass is 278 g/mol. The highest BCUT2D eigenvalue weighted by Crippen LogP contribution is 2.08. The maximum atomic E-state index is 5.75. The van der Waals surface area contributed by atoms with E-state index in [2.05, 4.69) is 32.8 Å². The van der Waals surface area contributed by atoms with Gasteiger partial charge in [0.1, 0.15) is 5.15 Å². The standard InChI is InChI=1S/C14H19ClN4/c1-16-14(19-12-4-2-3-5-12)17-9-8-11-6-7-13(15)18-10-11/h2-3,6-7,10,12H,4-5,8-9H2,1H3,(H2,16,17,19). The van der Waals surface area contributed by atoms with E-state index in [0.717, 1.165) is 37.3 Å². The fraction of sp³-hybridized carbons (Fsp3) is 0.429. The molecule has 102 valence electrons. The molecule has 0 atom stereocenters. The second kappa shape index (κ2) is 7.14. The number of hydrogen-bond acceptors (Lipinski definition) is 2. The van der Waals surface area contributed by atoms with Gasteiger partial charge in [-0.25, -0.2) is 4.98 Å². The van der Waals surface area contributed by atoms with Gasteiger partial charge in [0.25, 0.3) is 0 Å². The van der Waals surface area contributed by atoms with Gasteiger partial charge in [-0.3, -0.25) is 4.99 Å². The summed E-state index contributed by atoms with van der Waals surface area (Å²) in [5.41, 5.74) is 1.16. The maximum Gasteiger partial charge on any atom is 0.191 e. The van der Waals surface area contributed by atoms with Crippen LogP contribution in [-0.2, 0) is 6.42 Å². The van der Waals surface area contributed by atoms with Gasteiger partial charge in [-0.05, 0) is 30.9 Å². The number of hydrogen-bond donors (Lipinski definition) is 2. The van der Waals surface area contributed by atoms with Crippen LogP contribution in [0, 0.1) is 0 Å². The van der Waals surface area contributed by atoms with E-state index < -0.39 is 0 Å². The molecule has 0 bridgehead atoms. The lowest BCUT2D eigenvalue weighted by molar-refractivity contribution is 0.633. The van der Waals surface area contributed by atoms with Crippen molar-refractivity contribution in [2.24, 2.45) is 4.99 Å². The quantitative estimate of drug-likeness (QED) is 0.384. The lowest BCUT2D eigenvalue weighted by Gasteiger charge is -2.16. The lowest BCUT2D eigenvalue weighted by Crippen LogP contribution is -2.43. The molecule has 0 spiro atoms. The first-order chi connectivity index (χ1) is 9.28. The first kappa shape index (κ1) is 13.9. The molecular weight excluding hydrogens is 260 g/mol. The minimum absolute atomic E-state index is 0.475. The Morgan fingerprint density at radius 1 is 1.42 bits per heavy atom. The molecule has 0 radical (unpaired) electrons. The van der Waals surface area contributed by atoms with Crippen LogP contribution in [0.2, 0.25) is 5.15 Å². The van der Waals surface area contributed by atoms with E-state index in [1.165, 1.54) is 0 Å². The Balaban J connectivity index is 1.72. The zero-order chi connectivity index (χ0) is 13.5. The van der Waals surface area contributed by atoms with Crippen molar-refractivity contribution >= 4 is 17.6 Å². The van der Waals surface area contributed by atoms with Crippen molar-refractivity contribution in [3.05, 3.63) is 41.2 Å². The van der Waals surface area contributed by atoms with E-state index in [0.29, 0.717) is 11.2 Å². The van der Waals surface area contributed by atoms with Crippen molar-refractivity contribution in [1.29, 1.82) is 0 Å². The summed E-state index contributed by atoms with van der Waals surface area (Å²) in [6.07, 6.45) is 9.24. The molecule has 0 unspecified atom stereocenters. The number of halogens is 1. The summed E-state index contributed by atoms with van der Waals surface area (Å²) in [5, 5.41) is 7.24. The molecule has 0 aliphatic heterocycles. The van der Waals surface area contributed by atoms with Gasteiger partial charge in [-0.2, -0.15) is 0 Å². The molecule has 1 aromatic rings. The highest BCUT2D eigenvalue weighted by atomic mass is 35.5. The van der Waals surface area contributed by atoms with Crippen LogP contribution >= 0.6 is 11.6 Å². The number of pyridine rings is 1. The average molecular weight is 279 g/mol. The largest absolute Gasteiger partial charge is 0.356 e. The lowest BCUT2D eigenvalue weighted by atomic mass is 10.2. The molecule has 2 N–H and O–H groups in total. The molecule has 0 aromatic carbocycles. The third kappa shape index (κ3) is 4.56. The molecule has 0 saturated carbocycles. The van der Waals surface area contributed by atoms with E-state index >= 15 is 0 Å². The van der Waals surface area contributed by atoms with Crippen molar-refractivity contribution in [1.82, 2.24) is 15.6 Å². The van der Waals surface area contributed by atoms with E-state index in [-0.39, 0.29) is 0 Å². The van der Waals surface area contributed by atoms with E-state index in [1.807, 2.05) is 12.1 Å².